The van der Waals surface area contributed by atoms with Crippen LogP contribution < -0.4 is 10.2 Å². The van der Waals surface area contributed by atoms with Crippen LogP contribution in [0.3, 0.4) is 0 Å². The molecule has 4 nitrogen and oxygen atoms in total. The third kappa shape index (κ3) is 3.42. The average Bonchev–Trinajstić information content (AvgIpc) is 2.49. The largest absolute Gasteiger partial charge is 0.381 e. The molecule has 2 saturated heterocycles. The molecule has 20 heavy (non-hydrogen) atoms. The molecule has 2 aliphatic heterocycles. The Kier molecular flexibility index (Phi) is 4.41. The van der Waals surface area contributed by atoms with Crippen molar-refractivity contribution in [1.82, 2.24) is 4.98 Å². The predicted octanol–water partition coefficient (Wildman–Crippen LogP) is 3.05. The summed E-state index contributed by atoms with van der Waals surface area (Å²) in [6.07, 6.45) is 8.44. The monoisotopic (exact) mass is 275 g/mol. The Balaban J connectivity index is 1.58. The topological polar surface area (TPSA) is 37.4 Å². The first-order chi connectivity index (χ1) is 9.81. The van der Waals surface area contributed by atoms with Gasteiger partial charge in [0.1, 0.15) is 5.82 Å². The Morgan fingerprint density at radius 1 is 1.25 bits per heavy atom. The van der Waals surface area contributed by atoms with Crippen LogP contribution in [0.5, 0.6) is 0 Å². The van der Waals surface area contributed by atoms with Gasteiger partial charge in [-0.3, -0.25) is 0 Å². The summed E-state index contributed by atoms with van der Waals surface area (Å²) in [6, 6.07) is 4.83. The molecule has 0 aliphatic carbocycles. The summed E-state index contributed by atoms with van der Waals surface area (Å²) in [5, 5.41) is 3.58. The van der Waals surface area contributed by atoms with Crippen molar-refractivity contribution >= 4 is 11.5 Å². The maximum absolute atomic E-state index is 5.58. The van der Waals surface area contributed by atoms with Gasteiger partial charge in [0.05, 0.1) is 18.0 Å². The van der Waals surface area contributed by atoms with E-state index in [0.29, 0.717) is 12.1 Å². The minimum absolute atomic E-state index is 0.363. The van der Waals surface area contributed by atoms with Crippen molar-refractivity contribution in [1.29, 1.82) is 0 Å². The SMILES string of the molecule is CC1CC(Nc2ccc(N3CCCCC3)nc2)CCO1. The number of nitrogens with zero attached hydrogens (tertiary/aromatic N) is 2. The van der Waals surface area contributed by atoms with Gasteiger partial charge in [-0.1, -0.05) is 0 Å². The second-order valence-corrected chi connectivity index (χ2v) is 6.00. The molecule has 0 spiro atoms. The van der Waals surface area contributed by atoms with Gasteiger partial charge in [-0.25, -0.2) is 4.98 Å². The van der Waals surface area contributed by atoms with E-state index in [2.05, 4.69) is 34.3 Å². The fourth-order valence-corrected chi connectivity index (χ4v) is 3.15. The normalized spacial score (nSPS) is 27.4. The fraction of sp³-hybridized carbons (Fsp3) is 0.688. The van der Waals surface area contributed by atoms with Gasteiger partial charge in [-0.2, -0.15) is 0 Å². The van der Waals surface area contributed by atoms with Crippen molar-refractivity contribution in [3.63, 3.8) is 0 Å². The summed E-state index contributed by atoms with van der Waals surface area (Å²) in [6.45, 7) is 5.30. The van der Waals surface area contributed by atoms with Crippen LogP contribution in [0.1, 0.15) is 39.0 Å². The van der Waals surface area contributed by atoms with Crippen LogP contribution >= 0.6 is 0 Å². The summed E-state index contributed by atoms with van der Waals surface area (Å²) in [7, 11) is 0. The number of nitrogens with one attached hydrogen (secondary N) is 1. The Bertz CT molecular complexity index is 414. The van der Waals surface area contributed by atoms with E-state index in [4.69, 9.17) is 4.74 Å². The van der Waals surface area contributed by atoms with Crippen molar-refractivity contribution < 1.29 is 4.74 Å². The molecule has 2 aliphatic rings. The molecule has 3 heterocycles. The molecule has 1 aromatic heterocycles. The van der Waals surface area contributed by atoms with Crippen LogP contribution in [-0.2, 0) is 4.74 Å². The van der Waals surface area contributed by atoms with Gasteiger partial charge in [-0.05, 0) is 51.2 Å². The molecular formula is C16H25N3O. The van der Waals surface area contributed by atoms with E-state index in [9.17, 15) is 0 Å². The molecule has 0 aromatic carbocycles. The van der Waals surface area contributed by atoms with Gasteiger partial charge >= 0.3 is 0 Å². The van der Waals surface area contributed by atoms with E-state index in [1.807, 2.05) is 6.20 Å². The van der Waals surface area contributed by atoms with Gasteiger partial charge in [0.25, 0.3) is 0 Å². The molecule has 0 saturated carbocycles. The number of hydrogen-bond acceptors (Lipinski definition) is 4. The van der Waals surface area contributed by atoms with E-state index in [1.165, 1.54) is 19.3 Å². The zero-order chi connectivity index (χ0) is 13.8. The van der Waals surface area contributed by atoms with E-state index in [-0.39, 0.29) is 0 Å². The van der Waals surface area contributed by atoms with E-state index in [1.54, 1.807) is 0 Å². The van der Waals surface area contributed by atoms with Crippen molar-refractivity contribution in [2.75, 3.05) is 29.9 Å². The standard InChI is InChI=1S/C16H25N3O/c1-13-11-14(7-10-20-13)18-15-5-6-16(17-12-15)19-8-3-2-4-9-19/h5-6,12-14,18H,2-4,7-11H2,1H3. The summed E-state index contributed by atoms with van der Waals surface area (Å²) in [5.74, 6) is 1.12. The molecule has 2 atom stereocenters. The summed E-state index contributed by atoms with van der Waals surface area (Å²) < 4.78 is 5.58. The Labute approximate surface area is 121 Å². The van der Waals surface area contributed by atoms with Crippen molar-refractivity contribution in [2.45, 2.75) is 51.2 Å². The quantitative estimate of drug-likeness (QED) is 0.920. The summed E-state index contributed by atoms with van der Waals surface area (Å²) in [4.78, 5) is 7.01. The first-order valence-electron chi connectivity index (χ1n) is 7.90. The number of hydrogen-bond donors (Lipinski definition) is 1. The highest BCUT2D eigenvalue weighted by molar-refractivity contribution is 5.49. The van der Waals surface area contributed by atoms with Gasteiger partial charge in [0, 0.05) is 25.7 Å². The van der Waals surface area contributed by atoms with Gasteiger partial charge in [-0.15, -0.1) is 0 Å². The smallest absolute Gasteiger partial charge is 0.128 e. The number of piperidine rings is 1. The van der Waals surface area contributed by atoms with E-state index < -0.39 is 0 Å². The molecule has 1 N–H and O–H groups in total. The lowest BCUT2D eigenvalue weighted by Gasteiger charge is -2.29. The third-order valence-corrected chi connectivity index (χ3v) is 4.28. The third-order valence-electron chi connectivity index (χ3n) is 4.28. The lowest BCUT2D eigenvalue weighted by Crippen LogP contribution is -2.32. The van der Waals surface area contributed by atoms with Crippen LogP contribution in [-0.4, -0.2) is 36.8 Å². The van der Waals surface area contributed by atoms with E-state index >= 15 is 0 Å². The lowest BCUT2D eigenvalue weighted by atomic mass is 10.0. The van der Waals surface area contributed by atoms with Gasteiger partial charge < -0.3 is 15.0 Å². The highest BCUT2D eigenvalue weighted by atomic mass is 16.5. The summed E-state index contributed by atoms with van der Waals surface area (Å²) >= 11 is 0. The number of anilines is 2. The molecule has 3 rings (SSSR count). The van der Waals surface area contributed by atoms with Crippen LogP contribution in [0.4, 0.5) is 11.5 Å². The first kappa shape index (κ1) is 13.7. The fourth-order valence-electron chi connectivity index (χ4n) is 3.15. The first-order valence-corrected chi connectivity index (χ1v) is 7.90. The summed E-state index contributed by atoms with van der Waals surface area (Å²) in [5.41, 5.74) is 1.13. The molecule has 2 unspecified atom stereocenters. The van der Waals surface area contributed by atoms with Crippen LogP contribution in [0.2, 0.25) is 0 Å². The van der Waals surface area contributed by atoms with Crippen molar-refractivity contribution in [2.24, 2.45) is 0 Å². The number of rotatable bonds is 3. The Morgan fingerprint density at radius 2 is 2.10 bits per heavy atom. The lowest BCUT2D eigenvalue weighted by molar-refractivity contribution is 0.0232. The predicted molar refractivity (Wildman–Crippen MR) is 82.4 cm³/mol. The minimum atomic E-state index is 0.363. The number of aromatic nitrogens is 1. The highest BCUT2D eigenvalue weighted by Gasteiger charge is 2.19. The molecule has 2 fully saturated rings. The zero-order valence-electron chi connectivity index (χ0n) is 12.3. The molecule has 4 heteroatoms. The molecular weight excluding hydrogens is 250 g/mol. The molecule has 0 bridgehead atoms. The van der Waals surface area contributed by atoms with Crippen LogP contribution in [0.15, 0.2) is 18.3 Å². The Hall–Kier alpha value is -1.29. The Morgan fingerprint density at radius 3 is 2.80 bits per heavy atom. The molecule has 1 aromatic rings. The molecule has 110 valence electrons. The number of pyridine rings is 1. The number of ether oxygens (including phenoxy) is 1. The second kappa shape index (κ2) is 6.44. The van der Waals surface area contributed by atoms with Gasteiger partial charge in [0.15, 0.2) is 0 Å². The highest BCUT2D eigenvalue weighted by Crippen LogP contribution is 2.21. The zero-order valence-corrected chi connectivity index (χ0v) is 12.3. The van der Waals surface area contributed by atoms with Crippen LogP contribution in [0.25, 0.3) is 0 Å². The van der Waals surface area contributed by atoms with E-state index in [0.717, 1.165) is 44.0 Å². The van der Waals surface area contributed by atoms with Crippen LogP contribution in [0, 0.1) is 0 Å². The average molecular weight is 275 g/mol. The van der Waals surface area contributed by atoms with Crippen molar-refractivity contribution in [3.05, 3.63) is 18.3 Å². The maximum Gasteiger partial charge on any atom is 0.128 e. The molecule has 0 amide bonds. The van der Waals surface area contributed by atoms with Crippen molar-refractivity contribution in [3.8, 4) is 0 Å². The van der Waals surface area contributed by atoms with Gasteiger partial charge in [0.2, 0.25) is 0 Å². The maximum atomic E-state index is 5.58. The second-order valence-electron chi connectivity index (χ2n) is 6.00. The minimum Gasteiger partial charge on any atom is -0.381 e. The molecule has 0 radical (unpaired) electrons.